The van der Waals surface area contributed by atoms with Crippen molar-refractivity contribution in [1.29, 1.82) is 0 Å². The van der Waals surface area contributed by atoms with Gasteiger partial charge in [-0.15, -0.1) is 0 Å². The summed E-state index contributed by atoms with van der Waals surface area (Å²) in [4.78, 5) is 36.5. The van der Waals surface area contributed by atoms with Gasteiger partial charge in [0.1, 0.15) is 23.3 Å². The fraction of sp³-hybridized carbons (Fsp3) is 0.261. The summed E-state index contributed by atoms with van der Waals surface area (Å²) in [6.07, 6.45) is 2.69. The number of methoxy groups -OCH3 is 1. The number of rotatable bonds is 12. The number of alkyl halides is 4. The Morgan fingerprint density at radius 1 is 0.943 bits per heavy atom. The van der Waals surface area contributed by atoms with Gasteiger partial charge >= 0.3 is 19.2 Å². The topological polar surface area (TPSA) is 100 Å². The van der Waals surface area contributed by atoms with Crippen LogP contribution in [-0.4, -0.2) is 50.6 Å². The highest BCUT2D eigenvalue weighted by Gasteiger charge is 2.22. The van der Waals surface area contributed by atoms with Gasteiger partial charge in [-0.3, -0.25) is 9.59 Å². The zero-order chi connectivity index (χ0) is 26.0. The molecular weight excluding hydrogens is 478 g/mol. The average molecular weight is 499 g/mol. The zero-order valence-electron chi connectivity index (χ0n) is 18.5. The first-order valence-corrected chi connectivity index (χ1v) is 9.95. The monoisotopic (exact) mass is 499 g/mol. The van der Waals surface area contributed by atoms with Crippen LogP contribution in [0.25, 0.3) is 6.08 Å². The number of nitrogens with one attached hydrogen (secondary N) is 1. The van der Waals surface area contributed by atoms with Crippen LogP contribution in [0.3, 0.4) is 0 Å². The second kappa shape index (κ2) is 13.0. The summed E-state index contributed by atoms with van der Waals surface area (Å²) in [7, 11) is 1.52. The highest BCUT2D eigenvalue weighted by molar-refractivity contribution is 6.01. The van der Waals surface area contributed by atoms with Crippen LogP contribution in [0.1, 0.15) is 22.8 Å². The number of carbonyl (C=O) groups is 3. The first-order valence-electron chi connectivity index (χ1n) is 9.95. The summed E-state index contributed by atoms with van der Waals surface area (Å²) in [5.41, 5.74) is 0.257. The Hall–Kier alpha value is -4.09. The van der Waals surface area contributed by atoms with Crippen molar-refractivity contribution in [2.24, 2.45) is 0 Å². The molecule has 0 bridgehead atoms. The van der Waals surface area contributed by atoms with Gasteiger partial charge in [0.05, 0.1) is 12.7 Å². The molecule has 0 aliphatic heterocycles. The molecule has 1 N–H and O–H groups in total. The number of hydrogen-bond acceptors (Lipinski definition) is 7. The van der Waals surface area contributed by atoms with Gasteiger partial charge in [-0.25, -0.2) is 4.79 Å². The van der Waals surface area contributed by atoms with Crippen molar-refractivity contribution in [3.63, 3.8) is 0 Å². The van der Waals surface area contributed by atoms with E-state index in [1.165, 1.54) is 26.2 Å². The van der Waals surface area contributed by atoms with Crippen LogP contribution in [0.5, 0.6) is 17.2 Å². The highest BCUT2D eigenvalue weighted by Crippen LogP contribution is 2.28. The van der Waals surface area contributed by atoms with E-state index in [-0.39, 0.29) is 0 Å². The van der Waals surface area contributed by atoms with Crippen molar-refractivity contribution in [2.75, 3.05) is 13.7 Å². The van der Waals surface area contributed by atoms with Gasteiger partial charge in [-0.05, 0) is 42.8 Å². The van der Waals surface area contributed by atoms with Gasteiger partial charge in [0, 0.05) is 12.1 Å². The van der Waals surface area contributed by atoms with Crippen molar-refractivity contribution in [3.8, 4) is 17.2 Å². The second-order valence-corrected chi connectivity index (χ2v) is 6.78. The molecule has 35 heavy (non-hydrogen) atoms. The number of halogens is 4. The van der Waals surface area contributed by atoms with Crippen molar-refractivity contribution in [3.05, 3.63) is 59.7 Å². The Kier molecular flexibility index (Phi) is 10.1. The molecule has 2 aromatic carbocycles. The number of ketones is 1. The maximum Gasteiger partial charge on any atom is 0.387 e. The van der Waals surface area contributed by atoms with E-state index in [1.807, 2.05) is 0 Å². The third-order valence-corrected chi connectivity index (χ3v) is 4.30. The van der Waals surface area contributed by atoms with E-state index < -0.39 is 60.6 Å². The summed E-state index contributed by atoms with van der Waals surface area (Å²) >= 11 is 0. The quantitative estimate of drug-likeness (QED) is 0.205. The molecule has 0 aliphatic carbocycles. The van der Waals surface area contributed by atoms with Gasteiger partial charge in [0.15, 0.2) is 6.61 Å². The Bertz CT molecular complexity index is 1060. The maximum atomic E-state index is 12.6. The minimum absolute atomic E-state index is 0.446. The van der Waals surface area contributed by atoms with Gasteiger partial charge < -0.3 is 24.3 Å². The third kappa shape index (κ3) is 8.99. The minimum atomic E-state index is -3.35. The van der Waals surface area contributed by atoms with E-state index in [9.17, 15) is 31.9 Å². The van der Waals surface area contributed by atoms with Crippen LogP contribution in [0, 0.1) is 0 Å². The van der Waals surface area contributed by atoms with Crippen LogP contribution in [0.15, 0.2) is 48.5 Å². The predicted molar refractivity (Wildman–Crippen MR) is 115 cm³/mol. The van der Waals surface area contributed by atoms with Crippen molar-refractivity contribution >= 4 is 23.7 Å². The second-order valence-electron chi connectivity index (χ2n) is 6.78. The molecule has 0 unspecified atom stereocenters. The number of hydrogen-bond donors (Lipinski definition) is 1. The van der Waals surface area contributed by atoms with Crippen molar-refractivity contribution < 1.29 is 50.9 Å². The molecule has 0 saturated carbocycles. The molecule has 0 saturated heterocycles. The van der Waals surface area contributed by atoms with Gasteiger partial charge in [-0.1, -0.05) is 12.1 Å². The van der Waals surface area contributed by atoms with Crippen LogP contribution in [-0.2, 0) is 14.3 Å². The lowest BCUT2D eigenvalue weighted by molar-refractivity contribution is -0.145. The predicted octanol–water partition coefficient (Wildman–Crippen LogP) is 3.84. The molecule has 0 aromatic heterocycles. The maximum absolute atomic E-state index is 12.6. The van der Waals surface area contributed by atoms with Crippen LogP contribution in [0.4, 0.5) is 17.6 Å². The first-order chi connectivity index (χ1) is 16.6. The number of benzene rings is 2. The number of carbonyl (C=O) groups excluding carboxylic acids is 3. The fourth-order valence-electron chi connectivity index (χ4n) is 2.65. The number of esters is 1. The largest absolute Gasteiger partial charge is 0.497 e. The van der Waals surface area contributed by atoms with E-state index in [1.54, 1.807) is 24.3 Å². The van der Waals surface area contributed by atoms with E-state index >= 15 is 0 Å². The zero-order valence-corrected chi connectivity index (χ0v) is 18.5. The molecule has 2 aromatic rings. The standard InChI is InChI=1S/C23H21F4NO7/c1-13(28-20(30)10-5-14-3-6-15(32-2)7-4-14)21(31)33-12-18(29)17-9-8-16(34-22(24)25)11-19(17)35-23(26)27/h3-11,13,22-23H,12H2,1-2H3,(H,28,30)/b10-5+/t13-/m0/s1. The molecule has 12 heteroatoms. The lowest BCUT2D eigenvalue weighted by atomic mass is 10.1. The van der Waals surface area contributed by atoms with E-state index in [4.69, 9.17) is 9.47 Å². The lowest BCUT2D eigenvalue weighted by Crippen LogP contribution is -2.39. The SMILES string of the molecule is COc1ccc(/C=C/C(=O)N[C@@H](C)C(=O)OCC(=O)c2ccc(OC(F)F)cc2OC(F)F)cc1. The van der Waals surface area contributed by atoms with Crippen LogP contribution >= 0.6 is 0 Å². The summed E-state index contributed by atoms with van der Waals surface area (Å²) in [5, 5.41) is 2.35. The summed E-state index contributed by atoms with van der Waals surface area (Å²) < 4.78 is 68.1. The number of amides is 1. The van der Waals surface area contributed by atoms with Crippen molar-refractivity contribution in [2.45, 2.75) is 26.2 Å². The van der Waals surface area contributed by atoms with Gasteiger partial charge in [0.2, 0.25) is 11.7 Å². The Balaban J connectivity index is 1.93. The average Bonchev–Trinajstić information content (AvgIpc) is 2.80. The molecule has 0 aliphatic rings. The van der Waals surface area contributed by atoms with E-state index in [2.05, 4.69) is 14.8 Å². The minimum Gasteiger partial charge on any atom is -0.497 e. The van der Waals surface area contributed by atoms with E-state index in [0.717, 1.165) is 12.1 Å². The van der Waals surface area contributed by atoms with Gasteiger partial charge in [0.25, 0.3) is 0 Å². The molecule has 1 amide bonds. The lowest BCUT2D eigenvalue weighted by Gasteiger charge is -2.14. The third-order valence-electron chi connectivity index (χ3n) is 4.30. The smallest absolute Gasteiger partial charge is 0.387 e. The molecule has 188 valence electrons. The molecule has 1 atom stereocenters. The molecule has 0 heterocycles. The molecular formula is C23H21F4NO7. The normalized spacial score (nSPS) is 11.9. The molecule has 2 rings (SSSR count). The Morgan fingerprint density at radius 2 is 1.57 bits per heavy atom. The summed E-state index contributed by atoms with van der Waals surface area (Å²) in [6, 6.07) is 8.23. The number of Topliss-reactive ketones (excluding diaryl/α,β-unsaturated/α-hetero) is 1. The Labute approximate surface area is 197 Å². The van der Waals surface area contributed by atoms with Crippen LogP contribution < -0.4 is 19.5 Å². The van der Waals surface area contributed by atoms with Crippen molar-refractivity contribution in [1.82, 2.24) is 5.32 Å². The Morgan fingerprint density at radius 3 is 2.17 bits per heavy atom. The first kappa shape index (κ1) is 27.2. The summed E-state index contributed by atoms with van der Waals surface area (Å²) in [6.45, 7) is -6.14. The highest BCUT2D eigenvalue weighted by atomic mass is 19.3. The number of ether oxygens (including phenoxy) is 4. The van der Waals surface area contributed by atoms with Gasteiger partial charge in [-0.2, -0.15) is 17.6 Å². The molecule has 0 fully saturated rings. The molecule has 8 nitrogen and oxygen atoms in total. The molecule has 0 radical (unpaired) electrons. The molecule has 0 spiro atoms. The van der Waals surface area contributed by atoms with E-state index in [0.29, 0.717) is 17.4 Å². The fourth-order valence-corrected chi connectivity index (χ4v) is 2.65. The summed E-state index contributed by atoms with van der Waals surface area (Å²) in [5.74, 6) is -3.14. The van der Waals surface area contributed by atoms with Crippen LogP contribution in [0.2, 0.25) is 0 Å².